The Balaban J connectivity index is 1.06. The van der Waals surface area contributed by atoms with Crippen LogP contribution in [0, 0.1) is 0 Å². The molecule has 0 fully saturated rings. The highest BCUT2D eigenvalue weighted by atomic mass is 32.1. The Morgan fingerprint density at radius 2 is 0.964 bits per heavy atom. The number of hydrogen-bond acceptors (Lipinski definition) is 2. The molecule has 0 unspecified atom stereocenters. The largest absolute Gasteiger partial charge is 0.310 e. The Morgan fingerprint density at radius 3 is 1.75 bits per heavy atom. The zero-order chi connectivity index (χ0) is 36.7. The van der Waals surface area contributed by atoms with Crippen LogP contribution in [0.25, 0.3) is 75.1 Å². The summed E-state index contributed by atoms with van der Waals surface area (Å²) in [5.74, 6) is 0. The molecule has 1 aromatic heterocycles. The van der Waals surface area contributed by atoms with Crippen LogP contribution in [-0.4, -0.2) is 0 Å². The molecule has 0 spiro atoms. The maximum atomic E-state index is 2.42. The molecule has 0 amide bonds. The summed E-state index contributed by atoms with van der Waals surface area (Å²) in [6, 6.07) is 69.6. The van der Waals surface area contributed by atoms with Gasteiger partial charge in [0.1, 0.15) is 0 Å². The number of rotatable bonds is 5. The molecule has 260 valence electrons. The van der Waals surface area contributed by atoms with Crippen LogP contribution < -0.4 is 4.90 Å². The van der Waals surface area contributed by atoms with Crippen molar-refractivity contribution in [1.82, 2.24) is 0 Å². The van der Waals surface area contributed by atoms with Gasteiger partial charge >= 0.3 is 0 Å². The van der Waals surface area contributed by atoms with Crippen molar-refractivity contribution in [2.45, 2.75) is 19.3 Å². The molecule has 1 nitrogen and oxygen atoms in total. The van der Waals surface area contributed by atoms with Crippen LogP contribution in [0.15, 0.2) is 188 Å². The van der Waals surface area contributed by atoms with E-state index in [0.717, 1.165) is 17.1 Å². The minimum absolute atomic E-state index is 0.0968. The minimum Gasteiger partial charge on any atom is -0.310 e. The highest BCUT2D eigenvalue weighted by Crippen LogP contribution is 2.51. The van der Waals surface area contributed by atoms with E-state index in [1.54, 1.807) is 0 Å². The summed E-state index contributed by atoms with van der Waals surface area (Å²) in [7, 11) is 0. The van der Waals surface area contributed by atoms with Crippen LogP contribution in [0.5, 0.6) is 0 Å². The van der Waals surface area contributed by atoms with Crippen molar-refractivity contribution >= 4 is 70.1 Å². The molecule has 0 N–H and O–H groups in total. The SMILES string of the molecule is CC1(C)c2ccccc2-c2ccc(N(c3ccc(-c4cccc5ccccc45)cc3)c3ccc(-c4cc5ccccc5c5sc6ccccc6c45)cc3)cc21. The topological polar surface area (TPSA) is 3.24 Å². The lowest BCUT2D eigenvalue weighted by atomic mass is 9.82. The summed E-state index contributed by atoms with van der Waals surface area (Å²) in [6.45, 7) is 4.72. The van der Waals surface area contributed by atoms with Crippen molar-refractivity contribution in [1.29, 1.82) is 0 Å². The Labute approximate surface area is 325 Å². The Kier molecular flexibility index (Phi) is 7.14. The van der Waals surface area contributed by atoms with Gasteiger partial charge in [-0.05, 0) is 115 Å². The van der Waals surface area contributed by atoms with Gasteiger partial charge in [-0.1, -0.05) is 153 Å². The van der Waals surface area contributed by atoms with Gasteiger partial charge in [-0.25, -0.2) is 0 Å². The summed E-state index contributed by atoms with van der Waals surface area (Å²) in [6.07, 6.45) is 0. The lowest BCUT2D eigenvalue weighted by molar-refractivity contribution is 0.660. The van der Waals surface area contributed by atoms with Gasteiger partial charge in [0, 0.05) is 42.6 Å². The third-order valence-electron chi connectivity index (χ3n) is 11.9. The van der Waals surface area contributed by atoms with Crippen LogP contribution in [0.1, 0.15) is 25.0 Å². The van der Waals surface area contributed by atoms with E-state index in [2.05, 4.69) is 207 Å². The number of nitrogens with zero attached hydrogens (tertiary/aromatic N) is 1. The molecule has 0 aliphatic heterocycles. The summed E-state index contributed by atoms with van der Waals surface area (Å²) < 4.78 is 2.68. The molecule has 9 aromatic carbocycles. The predicted octanol–water partition coefficient (Wildman–Crippen LogP) is 15.5. The molecule has 2 heteroatoms. The minimum atomic E-state index is -0.0968. The predicted molar refractivity (Wildman–Crippen MR) is 237 cm³/mol. The summed E-state index contributed by atoms with van der Waals surface area (Å²) in [5.41, 5.74) is 13.7. The molecule has 10 aromatic rings. The van der Waals surface area contributed by atoms with Crippen molar-refractivity contribution in [3.05, 3.63) is 199 Å². The van der Waals surface area contributed by atoms with Crippen LogP contribution in [0.4, 0.5) is 17.1 Å². The quantitative estimate of drug-likeness (QED) is 0.171. The third-order valence-corrected chi connectivity index (χ3v) is 13.1. The maximum Gasteiger partial charge on any atom is 0.0465 e. The zero-order valence-corrected chi connectivity index (χ0v) is 31.6. The second-order valence-corrected chi connectivity index (χ2v) is 16.4. The molecule has 1 aliphatic rings. The Morgan fingerprint density at radius 1 is 0.400 bits per heavy atom. The highest BCUT2D eigenvalue weighted by molar-refractivity contribution is 7.26. The zero-order valence-electron chi connectivity index (χ0n) is 30.8. The van der Waals surface area contributed by atoms with Crippen LogP contribution >= 0.6 is 11.3 Å². The molecular weight excluding hydrogens is 683 g/mol. The molecule has 0 saturated heterocycles. The molecule has 0 saturated carbocycles. The average molecular weight is 720 g/mol. The van der Waals surface area contributed by atoms with Crippen molar-refractivity contribution in [3.8, 4) is 33.4 Å². The number of hydrogen-bond donors (Lipinski definition) is 0. The van der Waals surface area contributed by atoms with Gasteiger partial charge in [-0.15, -0.1) is 11.3 Å². The number of anilines is 3. The molecule has 1 aliphatic carbocycles. The number of benzene rings is 9. The van der Waals surface area contributed by atoms with E-state index >= 15 is 0 Å². The van der Waals surface area contributed by atoms with Gasteiger partial charge in [0.25, 0.3) is 0 Å². The molecule has 1 heterocycles. The smallest absolute Gasteiger partial charge is 0.0465 e. The van der Waals surface area contributed by atoms with Crippen LogP contribution in [0.3, 0.4) is 0 Å². The number of thiophene rings is 1. The van der Waals surface area contributed by atoms with Gasteiger partial charge in [0.05, 0.1) is 0 Å². The van der Waals surface area contributed by atoms with E-state index in [1.165, 1.54) is 86.2 Å². The van der Waals surface area contributed by atoms with E-state index in [9.17, 15) is 0 Å². The van der Waals surface area contributed by atoms with Gasteiger partial charge in [-0.3, -0.25) is 0 Å². The fourth-order valence-electron chi connectivity index (χ4n) is 9.12. The second-order valence-electron chi connectivity index (χ2n) is 15.3. The van der Waals surface area contributed by atoms with E-state index < -0.39 is 0 Å². The fourth-order valence-corrected chi connectivity index (χ4v) is 10.4. The molecular formula is C53H37NS. The first-order chi connectivity index (χ1) is 27.0. The van der Waals surface area contributed by atoms with E-state index in [4.69, 9.17) is 0 Å². The highest BCUT2D eigenvalue weighted by Gasteiger charge is 2.35. The van der Waals surface area contributed by atoms with Crippen molar-refractivity contribution in [2.24, 2.45) is 0 Å². The number of fused-ring (bicyclic) bond motifs is 9. The van der Waals surface area contributed by atoms with Gasteiger partial charge in [-0.2, -0.15) is 0 Å². The fraction of sp³-hybridized carbons (Fsp3) is 0.0566. The first-order valence-corrected chi connectivity index (χ1v) is 19.9. The van der Waals surface area contributed by atoms with E-state index in [1.807, 2.05) is 11.3 Å². The third kappa shape index (κ3) is 4.99. The van der Waals surface area contributed by atoms with E-state index in [-0.39, 0.29) is 5.41 Å². The summed E-state index contributed by atoms with van der Waals surface area (Å²) in [5, 5.41) is 7.78. The van der Waals surface area contributed by atoms with Gasteiger partial charge < -0.3 is 4.90 Å². The Bertz CT molecular complexity index is 3110. The summed E-state index contributed by atoms with van der Waals surface area (Å²) >= 11 is 1.90. The van der Waals surface area contributed by atoms with Crippen molar-refractivity contribution in [3.63, 3.8) is 0 Å². The second kappa shape index (κ2) is 12.3. The van der Waals surface area contributed by atoms with Crippen LogP contribution in [0.2, 0.25) is 0 Å². The first kappa shape index (κ1) is 32.0. The first-order valence-electron chi connectivity index (χ1n) is 19.1. The molecule has 0 radical (unpaired) electrons. The van der Waals surface area contributed by atoms with Crippen molar-refractivity contribution in [2.75, 3.05) is 4.90 Å². The normalized spacial score (nSPS) is 13.1. The lowest BCUT2D eigenvalue weighted by Crippen LogP contribution is -2.16. The molecule has 11 rings (SSSR count). The molecule has 0 bridgehead atoms. The van der Waals surface area contributed by atoms with Gasteiger partial charge in [0.15, 0.2) is 0 Å². The van der Waals surface area contributed by atoms with Gasteiger partial charge in [0.2, 0.25) is 0 Å². The Hall–Kier alpha value is -6.48. The monoisotopic (exact) mass is 719 g/mol. The lowest BCUT2D eigenvalue weighted by Gasteiger charge is -2.28. The van der Waals surface area contributed by atoms with Crippen LogP contribution in [-0.2, 0) is 5.41 Å². The maximum absolute atomic E-state index is 2.42. The van der Waals surface area contributed by atoms with E-state index in [0.29, 0.717) is 0 Å². The van der Waals surface area contributed by atoms with Crippen molar-refractivity contribution < 1.29 is 0 Å². The summed E-state index contributed by atoms with van der Waals surface area (Å²) in [4.78, 5) is 2.42. The standard InChI is InChI=1S/C53H37NS/c1-53(2)48-20-9-7-17-44(48)45-31-30-40(33-49(45)53)54(38-26-22-35(23-27-38)42-19-11-14-34-12-3-5-15-41(34)42)39-28-24-36(25-29-39)47-32-37-13-4-6-16-43(37)52-51(47)46-18-8-10-21-50(46)55-52/h3-33H,1-2H3. The average Bonchev–Trinajstić information content (AvgIpc) is 3.74. The molecule has 55 heavy (non-hydrogen) atoms. The molecule has 0 atom stereocenters.